The zero-order chi connectivity index (χ0) is 16.2. The molecular formula is C19H30O2Si2. The fourth-order valence-corrected chi connectivity index (χ4v) is 6.62. The van der Waals surface area contributed by atoms with Crippen LogP contribution in [0.2, 0.25) is 0 Å². The lowest BCUT2D eigenvalue weighted by atomic mass is 9.96. The Bertz CT molecular complexity index is 515. The third-order valence-corrected chi connectivity index (χ3v) is 8.72. The summed E-state index contributed by atoms with van der Waals surface area (Å²) in [6.07, 6.45) is 8.49. The van der Waals surface area contributed by atoms with Crippen molar-refractivity contribution in [3.63, 3.8) is 0 Å². The van der Waals surface area contributed by atoms with Crippen molar-refractivity contribution in [2.75, 3.05) is 13.2 Å². The van der Waals surface area contributed by atoms with Crippen LogP contribution in [-0.4, -0.2) is 38.2 Å². The van der Waals surface area contributed by atoms with Crippen molar-refractivity contribution in [2.24, 2.45) is 0 Å². The number of ether oxygens (including phenoxy) is 2. The summed E-state index contributed by atoms with van der Waals surface area (Å²) in [4.78, 5) is 0. The van der Waals surface area contributed by atoms with Crippen LogP contribution in [0.25, 0.3) is 0 Å². The van der Waals surface area contributed by atoms with Gasteiger partial charge < -0.3 is 9.47 Å². The molecule has 4 heteroatoms. The zero-order valence-electron chi connectivity index (χ0n) is 14.5. The third kappa shape index (κ3) is 4.05. The monoisotopic (exact) mass is 346 g/mol. The molecule has 2 unspecified atom stereocenters. The Morgan fingerprint density at radius 2 is 1.74 bits per heavy atom. The number of benzene rings is 1. The van der Waals surface area contributed by atoms with Crippen LogP contribution >= 0.6 is 0 Å². The Morgan fingerprint density at radius 3 is 2.30 bits per heavy atom. The van der Waals surface area contributed by atoms with Gasteiger partial charge in [0.05, 0.1) is 20.0 Å². The molecule has 0 N–H and O–H groups in total. The SMILES string of the molecule is C=C[SiH2]C1(Cc2ccc(C3([SiH3])CCCCO3)cc2)CCCCO1. The van der Waals surface area contributed by atoms with E-state index in [2.05, 4.69) is 36.5 Å². The van der Waals surface area contributed by atoms with E-state index in [4.69, 9.17) is 9.47 Å². The summed E-state index contributed by atoms with van der Waals surface area (Å²) in [5.41, 5.74) is 4.95. The van der Waals surface area contributed by atoms with Gasteiger partial charge in [-0.2, -0.15) is 0 Å². The molecule has 0 spiro atoms. The molecule has 3 rings (SSSR count). The minimum atomic E-state index is -0.391. The maximum absolute atomic E-state index is 6.25. The summed E-state index contributed by atoms with van der Waals surface area (Å²) in [6.45, 7) is 5.85. The van der Waals surface area contributed by atoms with Gasteiger partial charge in [0, 0.05) is 23.5 Å². The molecule has 0 radical (unpaired) electrons. The quantitative estimate of drug-likeness (QED) is 0.761. The smallest absolute Gasteiger partial charge is 0.0831 e. The predicted octanol–water partition coefficient (Wildman–Crippen LogP) is 2.16. The van der Waals surface area contributed by atoms with Crippen LogP contribution < -0.4 is 0 Å². The first kappa shape index (κ1) is 17.1. The van der Waals surface area contributed by atoms with E-state index < -0.39 is 9.52 Å². The van der Waals surface area contributed by atoms with E-state index >= 15 is 0 Å². The van der Waals surface area contributed by atoms with Crippen molar-refractivity contribution < 1.29 is 9.47 Å². The van der Waals surface area contributed by atoms with Gasteiger partial charge in [0.15, 0.2) is 0 Å². The Hall–Kier alpha value is -0.686. The molecule has 2 saturated heterocycles. The highest BCUT2D eigenvalue weighted by atomic mass is 28.2. The second kappa shape index (κ2) is 7.47. The highest BCUT2D eigenvalue weighted by Crippen LogP contribution is 2.33. The van der Waals surface area contributed by atoms with Crippen molar-refractivity contribution in [1.29, 1.82) is 0 Å². The molecule has 2 fully saturated rings. The summed E-state index contributed by atoms with van der Waals surface area (Å²) < 4.78 is 12.4. The van der Waals surface area contributed by atoms with Gasteiger partial charge in [0.25, 0.3) is 0 Å². The lowest BCUT2D eigenvalue weighted by Crippen LogP contribution is -2.43. The number of hydrogen-bond acceptors (Lipinski definition) is 2. The maximum atomic E-state index is 6.25. The third-order valence-electron chi connectivity index (χ3n) is 5.51. The van der Waals surface area contributed by atoms with E-state index in [1.165, 1.54) is 49.7 Å². The van der Waals surface area contributed by atoms with E-state index in [1.54, 1.807) is 0 Å². The molecule has 2 aliphatic heterocycles. The van der Waals surface area contributed by atoms with Crippen molar-refractivity contribution in [3.8, 4) is 0 Å². The van der Waals surface area contributed by atoms with Crippen molar-refractivity contribution in [2.45, 2.75) is 55.4 Å². The first-order chi connectivity index (χ1) is 11.2. The molecule has 0 aliphatic carbocycles. The Balaban J connectivity index is 1.72. The van der Waals surface area contributed by atoms with Gasteiger partial charge in [-0.15, -0.1) is 12.3 Å². The largest absolute Gasteiger partial charge is 0.378 e. The van der Waals surface area contributed by atoms with Gasteiger partial charge in [-0.05, 0) is 56.1 Å². The van der Waals surface area contributed by atoms with E-state index in [9.17, 15) is 0 Å². The molecule has 126 valence electrons. The van der Waals surface area contributed by atoms with Crippen molar-refractivity contribution in [3.05, 3.63) is 47.7 Å². The predicted molar refractivity (Wildman–Crippen MR) is 103 cm³/mol. The van der Waals surface area contributed by atoms with Gasteiger partial charge in [-0.25, -0.2) is 0 Å². The van der Waals surface area contributed by atoms with E-state index in [0.29, 0.717) is 0 Å². The second-order valence-corrected chi connectivity index (χ2v) is 11.3. The minimum Gasteiger partial charge on any atom is -0.378 e. The summed E-state index contributed by atoms with van der Waals surface area (Å²) in [5, 5.41) is 0.160. The summed E-state index contributed by atoms with van der Waals surface area (Å²) >= 11 is 0. The minimum absolute atomic E-state index is 0.0473. The van der Waals surface area contributed by atoms with Gasteiger partial charge in [0.2, 0.25) is 0 Å². The molecule has 2 nitrogen and oxygen atoms in total. The molecule has 2 heterocycles. The molecule has 2 aliphatic rings. The molecule has 23 heavy (non-hydrogen) atoms. The van der Waals surface area contributed by atoms with Crippen LogP contribution in [-0.2, 0) is 21.1 Å². The van der Waals surface area contributed by atoms with Gasteiger partial charge in [0.1, 0.15) is 0 Å². The number of rotatable bonds is 5. The van der Waals surface area contributed by atoms with Crippen LogP contribution in [0.15, 0.2) is 36.5 Å². The van der Waals surface area contributed by atoms with E-state index in [-0.39, 0.29) is 10.4 Å². The summed E-state index contributed by atoms with van der Waals surface area (Å²) in [7, 11) is 0.675. The van der Waals surface area contributed by atoms with Crippen LogP contribution in [0.1, 0.15) is 49.7 Å². The molecule has 0 aromatic heterocycles. The van der Waals surface area contributed by atoms with Gasteiger partial charge in [-0.1, -0.05) is 24.3 Å². The molecule has 1 aromatic rings. The summed E-state index contributed by atoms with van der Waals surface area (Å²) in [5.74, 6) is 0. The van der Waals surface area contributed by atoms with Crippen LogP contribution in [0.3, 0.4) is 0 Å². The van der Waals surface area contributed by atoms with Gasteiger partial charge >= 0.3 is 0 Å². The molecule has 0 amide bonds. The molecule has 0 saturated carbocycles. The van der Waals surface area contributed by atoms with E-state index in [0.717, 1.165) is 29.9 Å². The lowest BCUT2D eigenvalue weighted by Gasteiger charge is -2.37. The normalized spacial score (nSPS) is 32.3. The molecule has 0 bridgehead atoms. The molecular weight excluding hydrogens is 316 g/mol. The van der Waals surface area contributed by atoms with Crippen molar-refractivity contribution >= 4 is 19.8 Å². The highest BCUT2D eigenvalue weighted by molar-refractivity contribution is 6.45. The fraction of sp³-hybridized carbons (Fsp3) is 0.579. The first-order valence-electron chi connectivity index (χ1n) is 9.14. The van der Waals surface area contributed by atoms with Crippen molar-refractivity contribution in [1.82, 2.24) is 0 Å². The number of hydrogen-bond donors (Lipinski definition) is 0. The summed E-state index contributed by atoms with van der Waals surface area (Å²) in [6, 6.07) is 9.23. The molecule has 2 atom stereocenters. The zero-order valence-corrected chi connectivity index (χ0v) is 17.9. The Morgan fingerprint density at radius 1 is 1.04 bits per heavy atom. The van der Waals surface area contributed by atoms with Gasteiger partial charge in [-0.3, -0.25) is 0 Å². The average Bonchev–Trinajstić information content (AvgIpc) is 2.57. The molecule has 1 aromatic carbocycles. The first-order valence-corrected chi connectivity index (χ1v) is 11.7. The maximum Gasteiger partial charge on any atom is 0.0831 e. The standard InChI is InChI=1S/C19H30O2Si2/c1-2-23-18(11-3-5-13-20-18)15-16-7-9-17(10-8-16)19(22)12-4-6-14-21-19/h2,7-10H,1,3-6,11-15,23H2,22H3. The lowest BCUT2D eigenvalue weighted by molar-refractivity contribution is -0.0212. The van der Waals surface area contributed by atoms with Crippen LogP contribution in [0, 0.1) is 0 Å². The topological polar surface area (TPSA) is 18.5 Å². The Labute approximate surface area is 145 Å². The average molecular weight is 347 g/mol. The van der Waals surface area contributed by atoms with Crippen LogP contribution in [0.5, 0.6) is 0 Å². The fourth-order valence-electron chi connectivity index (χ4n) is 4.05. The van der Waals surface area contributed by atoms with Crippen LogP contribution in [0.4, 0.5) is 0 Å². The second-order valence-electron chi connectivity index (χ2n) is 7.39. The Kier molecular flexibility index (Phi) is 5.57. The highest BCUT2D eigenvalue weighted by Gasteiger charge is 2.33. The van der Waals surface area contributed by atoms with E-state index in [1.807, 2.05) is 0 Å².